The number of H-pyrrole nitrogens is 1. The summed E-state index contributed by atoms with van der Waals surface area (Å²) < 4.78 is 8.22. The van der Waals surface area contributed by atoms with Gasteiger partial charge in [0.2, 0.25) is 5.28 Å². The van der Waals surface area contributed by atoms with Crippen molar-refractivity contribution in [2.45, 2.75) is 13.5 Å². The van der Waals surface area contributed by atoms with Crippen molar-refractivity contribution in [3.63, 3.8) is 0 Å². The molecule has 0 aliphatic rings. The third-order valence-corrected chi connectivity index (χ3v) is 6.73. The van der Waals surface area contributed by atoms with Crippen molar-refractivity contribution >= 4 is 56.0 Å². The Morgan fingerprint density at radius 1 is 1.06 bits per heavy atom. The summed E-state index contributed by atoms with van der Waals surface area (Å²) >= 11 is 16.4. The third kappa shape index (κ3) is 4.61. The SMILES string of the molecule is CCOC(=O)c1[nH]c2cc(Br)ccc2c1-c1c(-c2ccccc2)nc(Cl)n1Cc1ccc(Cl)cc1. The van der Waals surface area contributed by atoms with E-state index in [0.717, 1.165) is 32.2 Å². The molecule has 5 rings (SSSR count). The van der Waals surface area contributed by atoms with Gasteiger partial charge in [0, 0.05) is 31.5 Å². The largest absolute Gasteiger partial charge is 0.461 e. The predicted octanol–water partition coefficient (Wildman–Crippen LogP) is 7.99. The lowest BCUT2D eigenvalue weighted by Crippen LogP contribution is -2.09. The Balaban J connectivity index is 1.82. The van der Waals surface area contributed by atoms with Gasteiger partial charge in [0.15, 0.2) is 0 Å². The number of halogens is 3. The highest BCUT2D eigenvalue weighted by atomic mass is 79.9. The fraction of sp³-hybridized carbons (Fsp3) is 0.111. The van der Waals surface area contributed by atoms with Crippen molar-refractivity contribution in [3.8, 4) is 22.5 Å². The van der Waals surface area contributed by atoms with Gasteiger partial charge in [-0.3, -0.25) is 0 Å². The van der Waals surface area contributed by atoms with Gasteiger partial charge in [-0.25, -0.2) is 9.78 Å². The molecule has 0 atom stereocenters. The monoisotopic (exact) mass is 567 g/mol. The average Bonchev–Trinajstić information content (AvgIpc) is 3.38. The zero-order valence-corrected chi connectivity index (χ0v) is 21.8. The summed E-state index contributed by atoms with van der Waals surface area (Å²) in [6, 6.07) is 23.2. The Bertz CT molecular complexity index is 1530. The molecule has 5 nitrogen and oxygen atoms in total. The molecule has 0 fully saturated rings. The minimum absolute atomic E-state index is 0.258. The van der Waals surface area contributed by atoms with Crippen LogP contribution in [0.1, 0.15) is 23.0 Å². The smallest absolute Gasteiger partial charge is 0.355 e. The number of aromatic amines is 1. The number of nitrogens with one attached hydrogen (secondary N) is 1. The van der Waals surface area contributed by atoms with Gasteiger partial charge in [-0.05, 0) is 48.4 Å². The summed E-state index contributed by atoms with van der Waals surface area (Å²) in [6.07, 6.45) is 0. The Morgan fingerprint density at radius 2 is 1.80 bits per heavy atom. The minimum Gasteiger partial charge on any atom is -0.461 e. The van der Waals surface area contributed by atoms with E-state index in [1.54, 1.807) is 6.92 Å². The first-order valence-electron chi connectivity index (χ1n) is 11.0. The predicted molar refractivity (Wildman–Crippen MR) is 144 cm³/mol. The fourth-order valence-corrected chi connectivity index (χ4v) is 4.88. The molecule has 176 valence electrons. The topological polar surface area (TPSA) is 59.9 Å². The van der Waals surface area contributed by atoms with Crippen LogP contribution in [-0.2, 0) is 11.3 Å². The number of hydrogen-bond donors (Lipinski definition) is 1. The molecule has 0 unspecified atom stereocenters. The zero-order chi connectivity index (χ0) is 24.5. The van der Waals surface area contributed by atoms with Crippen molar-refractivity contribution < 1.29 is 9.53 Å². The van der Waals surface area contributed by atoms with Crippen LogP contribution < -0.4 is 0 Å². The maximum absolute atomic E-state index is 13.1. The van der Waals surface area contributed by atoms with E-state index in [9.17, 15) is 4.79 Å². The third-order valence-electron chi connectivity index (χ3n) is 5.70. The van der Waals surface area contributed by atoms with Crippen LogP contribution in [-0.4, -0.2) is 27.1 Å². The number of hydrogen-bond acceptors (Lipinski definition) is 3. The molecule has 0 radical (unpaired) electrons. The van der Waals surface area contributed by atoms with E-state index >= 15 is 0 Å². The molecule has 0 aliphatic heterocycles. The van der Waals surface area contributed by atoms with Gasteiger partial charge in [-0.2, -0.15) is 0 Å². The molecular formula is C27H20BrCl2N3O2. The quantitative estimate of drug-likeness (QED) is 0.211. The molecular weight excluding hydrogens is 549 g/mol. The second-order valence-corrected chi connectivity index (χ2v) is 9.63. The number of ether oxygens (including phenoxy) is 1. The number of imidazole rings is 1. The summed E-state index contributed by atoms with van der Waals surface area (Å²) in [7, 11) is 0. The molecule has 0 amide bonds. The number of carbonyl (C=O) groups excluding carboxylic acids is 1. The molecule has 3 aromatic carbocycles. The Labute approximate surface area is 220 Å². The lowest BCUT2D eigenvalue weighted by molar-refractivity contribution is 0.0521. The molecule has 5 aromatic rings. The number of carbonyl (C=O) groups is 1. The van der Waals surface area contributed by atoms with Crippen molar-refractivity contribution in [2.75, 3.05) is 6.61 Å². The van der Waals surface area contributed by atoms with E-state index in [-0.39, 0.29) is 6.61 Å². The number of fused-ring (bicyclic) bond motifs is 1. The molecule has 0 aliphatic carbocycles. The lowest BCUT2D eigenvalue weighted by atomic mass is 10.0. The van der Waals surface area contributed by atoms with Crippen LogP contribution in [0.3, 0.4) is 0 Å². The van der Waals surface area contributed by atoms with Gasteiger partial charge in [0.05, 0.1) is 24.5 Å². The Kier molecular flexibility index (Phi) is 6.69. The fourth-order valence-electron chi connectivity index (χ4n) is 4.17. The highest BCUT2D eigenvalue weighted by Crippen LogP contribution is 2.41. The molecule has 0 saturated carbocycles. The van der Waals surface area contributed by atoms with E-state index < -0.39 is 5.97 Å². The second kappa shape index (κ2) is 9.90. The highest BCUT2D eigenvalue weighted by molar-refractivity contribution is 9.10. The summed E-state index contributed by atoms with van der Waals surface area (Å²) in [5, 5.41) is 1.83. The first-order chi connectivity index (χ1) is 17.0. The van der Waals surface area contributed by atoms with Gasteiger partial charge < -0.3 is 14.3 Å². The number of benzene rings is 3. The Morgan fingerprint density at radius 3 is 2.51 bits per heavy atom. The molecule has 0 bridgehead atoms. The van der Waals surface area contributed by atoms with Gasteiger partial charge >= 0.3 is 5.97 Å². The normalized spacial score (nSPS) is 11.2. The van der Waals surface area contributed by atoms with Crippen LogP contribution in [0.15, 0.2) is 77.3 Å². The molecule has 35 heavy (non-hydrogen) atoms. The van der Waals surface area contributed by atoms with E-state index in [2.05, 4.69) is 20.9 Å². The van der Waals surface area contributed by atoms with E-state index in [1.807, 2.05) is 77.4 Å². The van der Waals surface area contributed by atoms with Crippen LogP contribution >= 0.6 is 39.1 Å². The zero-order valence-electron chi connectivity index (χ0n) is 18.7. The molecule has 8 heteroatoms. The number of nitrogens with zero attached hydrogens (tertiary/aromatic N) is 2. The van der Waals surface area contributed by atoms with Gasteiger partial charge in [0.1, 0.15) is 5.69 Å². The highest BCUT2D eigenvalue weighted by Gasteiger charge is 2.28. The van der Waals surface area contributed by atoms with Crippen molar-refractivity contribution in [2.24, 2.45) is 0 Å². The number of esters is 1. The molecule has 2 aromatic heterocycles. The van der Waals surface area contributed by atoms with E-state index in [1.165, 1.54) is 0 Å². The average molecular weight is 569 g/mol. The summed E-state index contributed by atoms with van der Waals surface area (Å²) in [5.74, 6) is -0.441. The van der Waals surface area contributed by atoms with Crippen LogP contribution in [0.5, 0.6) is 0 Å². The van der Waals surface area contributed by atoms with Gasteiger partial charge in [0.25, 0.3) is 0 Å². The van der Waals surface area contributed by atoms with Crippen molar-refractivity contribution in [3.05, 3.63) is 98.8 Å². The molecule has 0 saturated heterocycles. The van der Waals surface area contributed by atoms with Crippen LogP contribution in [0.2, 0.25) is 10.3 Å². The maximum Gasteiger partial charge on any atom is 0.355 e. The molecule has 2 heterocycles. The van der Waals surface area contributed by atoms with Gasteiger partial charge in [-0.1, -0.05) is 76.1 Å². The van der Waals surface area contributed by atoms with Crippen molar-refractivity contribution in [1.82, 2.24) is 14.5 Å². The van der Waals surface area contributed by atoms with Crippen molar-refractivity contribution in [1.29, 1.82) is 0 Å². The second-order valence-electron chi connectivity index (χ2n) is 7.94. The van der Waals surface area contributed by atoms with Gasteiger partial charge in [-0.15, -0.1) is 0 Å². The molecule has 0 spiro atoms. The van der Waals surface area contributed by atoms with E-state index in [4.69, 9.17) is 32.9 Å². The first kappa shape index (κ1) is 23.7. The van der Waals surface area contributed by atoms with Crippen LogP contribution in [0.4, 0.5) is 0 Å². The standard InChI is InChI=1S/C27H20BrCl2N3O2/c1-2-35-26(34)24-22(20-13-10-18(28)14-21(20)31-24)25-23(17-6-4-3-5-7-17)32-27(30)33(25)15-16-8-11-19(29)12-9-16/h3-14,31H,2,15H2,1H3. The first-order valence-corrected chi connectivity index (χ1v) is 12.6. The number of aromatic nitrogens is 3. The van der Waals surface area contributed by atoms with Crippen LogP contribution in [0, 0.1) is 0 Å². The summed E-state index contributed by atoms with van der Waals surface area (Å²) in [5.41, 5.74) is 5.14. The summed E-state index contributed by atoms with van der Waals surface area (Å²) in [6.45, 7) is 2.48. The molecule has 1 N–H and O–H groups in total. The Hall–Kier alpha value is -3.06. The van der Waals surface area contributed by atoms with E-state index in [0.29, 0.717) is 33.8 Å². The lowest BCUT2D eigenvalue weighted by Gasteiger charge is -2.13. The van der Waals surface area contributed by atoms with Crippen LogP contribution in [0.25, 0.3) is 33.4 Å². The number of rotatable bonds is 6. The maximum atomic E-state index is 13.1. The summed E-state index contributed by atoms with van der Waals surface area (Å²) in [4.78, 5) is 21.1. The minimum atomic E-state index is -0.441.